The molecule has 0 aliphatic heterocycles. The molecular weight excluding hydrogens is 233 g/mol. The van der Waals surface area contributed by atoms with Gasteiger partial charge in [-0.25, -0.2) is 13.8 Å². The first-order valence-electron chi connectivity index (χ1n) is 3.83. The third-order valence-electron chi connectivity index (χ3n) is 1.69. The first kappa shape index (κ1) is 12.2. The van der Waals surface area contributed by atoms with E-state index in [1.54, 1.807) is 0 Å². The van der Waals surface area contributed by atoms with Crippen LogP contribution in [0.5, 0.6) is 0 Å². The Morgan fingerprint density at radius 3 is 2.31 bits per heavy atom. The number of nitrogens with zero attached hydrogens (tertiary/aromatic N) is 2. The highest BCUT2D eigenvalue weighted by atomic mass is 19.4. The number of hydrogen-bond donors (Lipinski definition) is 1. The lowest BCUT2D eigenvalue weighted by Crippen LogP contribution is -2.14. The number of rotatable bonds is 1. The van der Waals surface area contributed by atoms with Gasteiger partial charge in [-0.05, 0) is 6.07 Å². The average Bonchev–Trinajstić information content (AvgIpc) is 2.15. The van der Waals surface area contributed by atoms with Crippen LogP contribution in [0.1, 0.15) is 23.4 Å². The molecule has 1 heterocycles. The van der Waals surface area contributed by atoms with Crippen LogP contribution in [0, 0.1) is 11.3 Å². The van der Waals surface area contributed by atoms with Crippen molar-refractivity contribution in [2.75, 3.05) is 5.73 Å². The highest BCUT2D eigenvalue weighted by Gasteiger charge is 2.36. The maximum absolute atomic E-state index is 12.3. The Bertz CT molecular complexity index is 446. The van der Waals surface area contributed by atoms with Gasteiger partial charge in [-0.2, -0.15) is 18.4 Å². The molecule has 0 aliphatic rings. The van der Waals surface area contributed by atoms with E-state index >= 15 is 0 Å². The van der Waals surface area contributed by atoms with Crippen molar-refractivity contribution >= 4 is 5.69 Å². The Balaban J connectivity index is 3.45. The van der Waals surface area contributed by atoms with Gasteiger partial charge in [0, 0.05) is 0 Å². The SMILES string of the molecule is N#Cc1nc(C(F)(F)F)c(N)cc1C(F)F. The fraction of sp³-hybridized carbons (Fsp3) is 0.250. The van der Waals surface area contributed by atoms with Gasteiger partial charge in [0.1, 0.15) is 11.8 Å². The van der Waals surface area contributed by atoms with Gasteiger partial charge in [-0.1, -0.05) is 0 Å². The second-order valence-corrected chi connectivity index (χ2v) is 2.77. The standard InChI is InChI=1S/C8H4F5N3/c9-7(10)3-1-4(15)6(8(11,12)13)16-5(3)2-14/h1,7H,15H2. The molecule has 1 rings (SSSR count). The van der Waals surface area contributed by atoms with Crippen molar-refractivity contribution in [1.82, 2.24) is 4.98 Å². The molecule has 1 aromatic heterocycles. The summed E-state index contributed by atoms with van der Waals surface area (Å²) in [6.45, 7) is 0. The fourth-order valence-electron chi connectivity index (χ4n) is 1.03. The molecule has 1 aromatic rings. The van der Waals surface area contributed by atoms with Gasteiger partial charge in [-0.3, -0.25) is 0 Å². The zero-order chi connectivity index (χ0) is 12.5. The largest absolute Gasteiger partial charge is 0.435 e. The lowest BCUT2D eigenvalue weighted by molar-refractivity contribution is -0.140. The molecule has 0 fully saturated rings. The number of alkyl halides is 5. The Morgan fingerprint density at radius 1 is 1.38 bits per heavy atom. The summed E-state index contributed by atoms with van der Waals surface area (Å²) in [7, 11) is 0. The molecule has 0 saturated carbocycles. The van der Waals surface area contributed by atoms with Crippen molar-refractivity contribution in [1.29, 1.82) is 5.26 Å². The van der Waals surface area contributed by atoms with E-state index in [1.165, 1.54) is 6.07 Å². The second-order valence-electron chi connectivity index (χ2n) is 2.77. The average molecular weight is 237 g/mol. The Hall–Kier alpha value is -1.91. The van der Waals surface area contributed by atoms with Crippen LogP contribution < -0.4 is 5.73 Å². The Labute approximate surface area is 86.3 Å². The number of nitrogen functional groups attached to an aromatic ring is 1. The van der Waals surface area contributed by atoms with Crippen LogP contribution in [0.15, 0.2) is 6.07 Å². The van der Waals surface area contributed by atoms with E-state index in [0.29, 0.717) is 6.07 Å². The van der Waals surface area contributed by atoms with Crippen LogP contribution in [0.4, 0.5) is 27.6 Å². The van der Waals surface area contributed by atoms with Gasteiger partial charge in [-0.15, -0.1) is 0 Å². The van der Waals surface area contributed by atoms with Crippen molar-refractivity contribution in [3.63, 3.8) is 0 Å². The lowest BCUT2D eigenvalue weighted by Gasteiger charge is -2.11. The molecule has 0 saturated heterocycles. The number of nitriles is 1. The van der Waals surface area contributed by atoms with E-state index in [4.69, 9.17) is 11.0 Å². The molecule has 86 valence electrons. The van der Waals surface area contributed by atoms with Gasteiger partial charge in [0.15, 0.2) is 5.69 Å². The van der Waals surface area contributed by atoms with Crippen LogP contribution in [0.3, 0.4) is 0 Å². The Morgan fingerprint density at radius 2 is 1.94 bits per heavy atom. The molecule has 8 heteroatoms. The molecule has 0 radical (unpaired) electrons. The fourth-order valence-corrected chi connectivity index (χ4v) is 1.03. The maximum Gasteiger partial charge on any atom is 0.435 e. The quantitative estimate of drug-likeness (QED) is 0.763. The highest BCUT2D eigenvalue weighted by molar-refractivity contribution is 5.51. The summed E-state index contributed by atoms with van der Waals surface area (Å²) >= 11 is 0. The van der Waals surface area contributed by atoms with E-state index in [0.717, 1.165) is 0 Å². The van der Waals surface area contributed by atoms with E-state index in [-0.39, 0.29) is 0 Å². The molecule has 0 spiro atoms. The third-order valence-corrected chi connectivity index (χ3v) is 1.69. The normalized spacial score (nSPS) is 11.6. The van der Waals surface area contributed by atoms with Crippen LogP contribution in [0.2, 0.25) is 0 Å². The number of anilines is 1. The van der Waals surface area contributed by atoms with Gasteiger partial charge in [0.05, 0.1) is 11.3 Å². The smallest absolute Gasteiger partial charge is 0.397 e. The monoisotopic (exact) mass is 237 g/mol. The Kier molecular flexibility index (Phi) is 2.98. The highest BCUT2D eigenvalue weighted by Crippen LogP contribution is 2.34. The maximum atomic E-state index is 12.3. The summed E-state index contributed by atoms with van der Waals surface area (Å²) < 4.78 is 61.4. The molecule has 0 amide bonds. The van der Waals surface area contributed by atoms with Crippen LogP contribution in [-0.2, 0) is 6.18 Å². The van der Waals surface area contributed by atoms with Crippen LogP contribution in [-0.4, -0.2) is 4.98 Å². The molecule has 0 bridgehead atoms. The van der Waals surface area contributed by atoms with Gasteiger partial charge in [0.25, 0.3) is 6.43 Å². The molecule has 2 N–H and O–H groups in total. The molecular formula is C8H4F5N3. The van der Waals surface area contributed by atoms with Crippen LogP contribution >= 0.6 is 0 Å². The number of hydrogen-bond acceptors (Lipinski definition) is 3. The van der Waals surface area contributed by atoms with Crippen molar-refractivity contribution in [3.05, 3.63) is 23.0 Å². The summed E-state index contributed by atoms with van der Waals surface area (Å²) in [6.07, 6.45) is -7.98. The first-order chi connectivity index (χ1) is 7.27. The first-order valence-corrected chi connectivity index (χ1v) is 3.83. The summed E-state index contributed by atoms with van der Waals surface area (Å²) in [5.41, 5.74) is 0.596. The summed E-state index contributed by atoms with van der Waals surface area (Å²) in [4.78, 5) is 2.79. The zero-order valence-corrected chi connectivity index (χ0v) is 7.52. The molecule has 0 aromatic carbocycles. The van der Waals surface area contributed by atoms with E-state index in [1.807, 2.05) is 0 Å². The van der Waals surface area contributed by atoms with Crippen molar-refractivity contribution in [2.24, 2.45) is 0 Å². The molecule has 16 heavy (non-hydrogen) atoms. The lowest BCUT2D eigenvalue weighted by atomic mass is 10.1. The van der Waals surface area contributed by atoms with E-state index < -0.39 is 35.2 Å². The van der Waals surface area contributed by atoms with Gasteiger partial charge in [0.2, 0.25) is 0 Å². The minimum absolute atomic E-state index is 0.416. The van der Waals surface area contributed by atoms with Gasteiger partial charge < -0.3 is 5.73 Å². The van der Waals surface area contributed by atoms with Crippen molar-refractivity contribution < 1.29 is 22.0 Å². The van der Waals surface area contributed by atoms with E-state index in [2.05, 4.69) is 4.98 Å². The van der Waals surface area contributed by atoms with Crippen LogP contribution in [0.25, 0.3) is 0 Å². The minimum Gasteiger partial charge on any atom is -0.397 e. The molecule has 0 atom stereocenters. The molecule has 0 aliphatic carbocycles. The predicted octanol–water partition coefficient (Wildman–Crippen LogP) is 2.49. The van der Waals surface area contributed by atoms with Crippen molar-refractivity contribution in [3.8, 4) is 6.07 Å². The minimum atomic E-state index is -4.88. The molecule has 0 unspecified atom stereocenters. The zero-order valence-electron chi connectivity index (χ0n) is 7.52. The second kappa shape index (κ2) is 3.92. The summed E-state index contributed by atoms with van der Waals surface area (Å²) in [5, 5.41) is 8.39. The number of pyridine rings is 1. The van der Waals surface area contributed by atoms with E-state index in [9.17, 15) is 22.0 Å². The van der Waals surface area contributed by atoms with Gasteiger partial charge >= 0.3 is 6.18 Å². The number of nitrogens with two attached hydrogens (primary N) is 1. The number of halogens is 5. The van der Waals surface area contributed by atoms with Crippen molar-refractivity contribution in [2.45, 2.75) is 12.6 Å². The molecule has 3 nitrogen and oxygen atoms in total. The topological polar surface area (TPSA) is 62.7 Å². The third kappa shape index (κ3) is 2.18. The number of aromatic nitrogens is 1. The summed E-state index contributed by atoms with van der Waals surface area (Å²) in [6, 6.07) is 1.59. The predicted molar refractivity (Wildman–Crippen MR) is 43.3 cm³/mol. The summed E-state index contributed by atoms with van der Waals surface area (Å²) in [5.74, 6) is 0.